The molecule has 0 saturated carbocycles. The van der Waals surface area contributed by atoms with Gasteiger partial charge in [0.25, 0.3) is 0 Å². The monoisotopic (exact) mass is 314 g/mol. The van der Waals surface area contributed by atoms with Gasteiger partial charge in [-0.05, 0) is 62.0 Å². The molecule has 3 nitrogen and oxygen atoms in total. The van der Waals surface area contributed by atoms with Crippen LogP contribution in [0, 0.1) is 5.41 Å². The van der Waals surface area contributed by atoms with Crippen molar-refractivity contribution in [3.05, 3.63) is 47.3 Å². The Morgan fingerprint density at radius 3 is 2.82 bits per heavy atom. The normalized spacial score (nSPS) is 21.0. The molecular formula is C18H22N2OS. The number of hydrogen-bond donors (Lipinski definition) is 1. The fourth-order valence-corrected chi connectivity index (χ4v) is 3.96. The first-order valence-corrected chi connectivity index (χ1v) is 8.64. The van der Waals surface area contributed by atoms with Crippen LogP contribution in [0.15, 0.2) is 41.8 Å². The lowest BCUT2D eigenvalue weighted by molar-refractivity contribution is -0.127. The van der Waals surface area contributed by atoms with Gasteiger partial charge in [-0.15, -0.1) is 11.3 Å². The second kappa shape index (κ2) is 6.23. The summed E-state index contributed by atoms with van der Waals surface area (Å²) in [6.07, 6.45) is 2.75. The zero-order chi connectivity index (χ0) is 15.6. The number of fused-ring (bicyclic) bond motifs is 1. The van der Waals surface area contributed by atoms with E-state index in [1.165, 1.54) is 5.56 Å². The molecule has 22 heavy (non-hydrogen) atoms. The van der Waals surface area contributed by atoms with Crippen LogP contribution >= 0.6 is 11.3 Å². The Balaban J connectivity index is 1.99. The fourth-order valence-electron chi connectivity index (χ4n) is 3.22. The minimum absolute atomic E-state index is 0.227. The Labute approximate surface area is 136 Å². The highest BCUT2D eigenvalue weighted by atomic mass is 32.1. The van der Waals surface area contributed by atoms with Crippen molar-refractivity contribution in [1.29, 1.82) is 0 Å². The number of carbonyl (C=O) groups is 1. The lowest BCUT2D eigenvalue weighted by Gasteiger charge is -2.40. The van der Waals surface area contributed by atoms with Crippen molar-refractivity contribution in [1.82, 2.24) is 5.32 Å². The van der Waals surface area contributed by atoms with Gasteiger partial charge in [-0.3, -0.25) is 9.69 Å². The van der Waals surface area contributed by atoms with Crippen molar-refractivity contribution in [2.75, 3.05) is 18.5 Å². The second-order valence-corrected chi connectivity index (χ2v) is 7.09. The zero-order valence-electron chi connectivity index (χ0n) is 13.1. The van der Waals surface area contributed by atoms with E-state index in [0.717, 1.165) is 36.5 Å². The van der Waals surface area contributed by atoms with E-state index in [1.54, 1.807) is 11.3 Å². The van der Waals surface area contributed by atoms with E-state index in [4.69, 9.17) is 0 Å². The minimum Gasteiger partial charge on any atom is -0.320 e. The number of nitrogens with zero attached hydrogens (tertiary/aromatic N) is 1. The summed E-state index contributed by atoms with van der Waals surface area (Å²) in [5.74, 6) is 0.227. The quantitative estimate of drug-likeness (QED) is 0.847. The molecule has 0 spiro atoms. The first kappa shape index (κ1) is 15.3. The number of carbonyl (C=O) groups excluding carboxylic acids is 1. The predicted molar refractivity (Wildman–Crippen MR) is 92.9 cm³/mol. The molecule has 1 amide bonds. The molecule has 1 N–H and O–H groups in total. The van der Waals surface area contributed by atoms with Gasteiger partial charge >= 0.3 is 0 Å². The fraction of sp³-hybridized carbons (Fsp3) is 0.389. The number of nitrogens with one attached hydrogen (secondary N) is 1. The van der Waals surface area contributed by atoms with Crippen LogP contribution < -0.4 is 10.2 Å². The van der Waals surface area contributed by atoms with E-state index >= 15 is 0 Å². The average Bonchev–Trinajstić information content (AvgIpc) is 3.03. The second-order valence-electron chi connectivity index (χ2n) is 6.17. The van der Waals surface area contributed by atoms with E-state index in [9.17, 15) is 4.79 Å². The Morgan fingerprint density at radius 2 is 2.09 bits per heavy atom. The molecule has 1 unspecified atom stereocenters. The molecular weight excluding hydrogens is 292 g/mol. The number of thiophene rings is 1. The van der Waals surface area contributed by atoms with E-state index in [1.807, 2.05) is 35.5 Å². The molecule has 1 aliphatic rings. The van der Waals surface area contributed by atoms with E-state index in [2.05, 4.69) is 30.4 Å². The van der Waals surface area contributed by atoms with Crippen molar-refractivity contribution in [3.63, 3.8) is 0 Å². The van der Waals surface area contributed by atoms with Crippen molar-refractivity contribution < 1.29 is 4.79 Å². The maximum absolute atomic E-state index is 13.2. The lowest BCUT2D eigenvalue weighted by atomic mass is 9.75. The third-order valence-electron chi connectivity index (χ3n) is 4.41. The molecule has 2 aromatic rings. The molecule has 0 fully saturated rings. The predicted octanol–water partition coefficient (Wildman–Crippen LogP) is 3.97. The van der Waals surface area contributed by atoms with Crippen LogP contribution in [0.3, 0.4) is 0 Å². The summed E-state index contributed by atoms with van der Waals surface area (Å²) >= 11 is 1.62. The summed E-state index contributed by atoms with van der Waals surface area (Å²) in [7, 11) is 1.96. The molecule has 1 aliphatic heterocycles. The molecule has 0 bridgehead atoms. The molecule has 2 heterocycles. The molecule has 3 rings (SSSR count). The van der Waals surface area contributed by atoms with Gasteiger partial charge in [-0.2, -0.15) is 0 Å². The number of amides is 1. The summed E-state index contributed by atoms with van der Waals surface area (Å²) in [5, 5.41) is 6.21. The maximum atomic E-state index is 13.2. The van der Waals surface area contributed by atoms with Gasteiger partial charge in [-0.25, -0.2) is 0 Å². The molecule has 1 aromatic carbocycles. The van der Waals surface area contributed by atoms with Gasteiger partial charge in [-0.1, -0.05) is 25.1 Å². The highest BCUT2D eigenvalue weighted by Crippen LogP contribution is 2.44. The van der Waals surface area contributed by atoms with Crippen LogP contribution in [0.1, 0.15) is 25.3 Å². The molecule has 4 heteroatoms. The zero-order valence-corrected chi connectivity index (χ0v) is 14.0. The van der Waals surface area contributed by atoms with Crippen LogP contribution in [-0.4, -0.2) is 19.5 Å². The topological polar surface area (TPSA) is 32.3 Å². The Bertz CT molecular complexity index is 653. The molecule has 116 valence electrons. The van der Waals surface area contributed by atoms with Crippen LogP contribution in [0.2, 0.25) is 0 Å². The minimum atomic E-state index is -0.324. The third kappa shape index (κ3) is 2.69. The van der Waals surface area contributed by atoms with Gasteiger partial charge in [0.2, 0.25) is 5.91 Å². The van der Waals surface area contributed by atoms with E-state index in [0.29, 0.717) is 0 Å². The highest BCUT2D eigenvalue weighted by Gasteiger charge is 2.42. The number of anilines is 2. The Kier molecular flexibility index (Phi) is 4.32. The third-order valence-corrected chi connectivity index (χ3v) is 5.27. The largest absolute Gasteiger partial charge is 0.320 e. The Hall–Kier alpha value is -1.65. The number of rotatable bonds is 5. The van der Waals surface area contributed by atoms with Gasteiger partial charge in [0, 0.05) is 0 Å². The van der Waals surface area contributed by atoms with E-state index < -0.39 is 0 Å². The van der Waals surface area contributed by atoms with Gasteiger partial charge in [0.15, 0.2) is 0 Å². The van der Waals surface area contributed by atoms with Crippen molar-refractivity contribution >= 4 is 27.9 Å². The highest BCUT2D eigenvalue weighted by molar-refractivity contribution is 7.14. The number of benzene rings is 1. The maximum Gasteiger partial charge on any atom is 0.238 e. The van der Waals surface area contributed by atoms with Crippen molar-refractivity contribution in [3.8, 4) is 0 Å². The van der Waals surface area contributed by atoms with Gasteiger partial charge in [0.1, 0.15) is 5.00 Å². The summed E-state index contributed by atoms with van der Waals surface area (Å²) in [6.45, 7) is 3.06. The molecule has 0 saturated heterocycles. The van der Waals surface area contributed by atoms with E-state index in [-0.39, 0.29) is 11.3 Å². The SMILES string of the molecule is CNCCCC1(C)Cc2ccccc2N(c2cccs2)C1=O. The standard InChI is InChI=1S/C18H22N2OS/c1-18(10-6-11-19-2)13-14-7-3-4-8-15(14)20(17(18)21)16-9-5-12-22-16/h3-5,7-9,12,19H,6,10-11,13H2,1-2H3. The molecule has 0 radical (unpaired) electrons. The van der Waals surface area contributed by atoms with Crippen LogP contribution in [0.4, 0.5) is 10.7 Å². The Morgan fingerprint density at radius 1 is 1.27 bits per heavy atom. The first-order valence-electron chi connectivity index (χ1n) is 7.76. The summed E-state index contributed by atoms with van der Waals surface area (Å²) in [6, 6.07) is 12.3. The van der Waals surface area contributed by atoms with Gasteiger partial charge in [0.05, 0.1) is 11.1 Å². The summed E-state index contributed by atoms with van der Waals surface area (Å²) in [4.78, 5) is 15.1. The smallest absolute Gasteiger partial charge is 0.238 e. The van der Waals surface area contributed by atoms with Crippen molar-refractivity contribution in [2.24, 2.45) is 5.41 Å². The van der Waals surface area contributed by atoms with Gasteiger partial charge < -0.3 is 5.32 Å². The number of para-hydroxylation sites is 1. The first-order chi connectivity index (χ1) is 10.7. The lowest BCUT2D eigenvalue weighted by Crippen LogP contribution is -2.45. The summed E-state index contributed by atoms with van der Waals surface area (Å²) in [5.41, 5.74) is 1.98. The van der Waals surface area contributed by atoms with Crippen LogP contribution in [0.5, 0.6) is 0 Å². The summed E-state index contributed by atoms with van der Waals surface area (Å²) < 4.78 is 0. The molecule has 1 aromatic heterocycles. The van der Waals surface area contributed by atoms with Crippen LogP contribution in [-0.2, 0) is 11.2 Å². The number of hydrogen-bond acceptors (Lipinski definition) is 3. The molecule has 0 aliphatic carbocycles. The average molecular weight is 314 g/mol. The van der Waals surface area contributed by atoms with Crippen LogP contribution in [0.25, 0.3) is 0 Å². The molecule has 1 atom stereocenters. The van der Waals surface area contributed by atoms with Crippen molar-refractivity contribution in [2.45, 2.75) is 26.2 Å².